The normalized spacial score (nSPS) is 32.2. The molecule has 0 aromatic rings. The van der Waals surface area contributed by atoms with Gasteiger partial charge in [-0.2, -0.15) is 0 Å². The van der Waals surface area contributed by atoms with Crippen LogP contribution in [0.3, 0.4) is 0 Å². The molecule has 2 heteroatoms. The summed E-state index contributed by atoms with van der Waals surface area (Å²) >= 11 is 0. The Hall–Kier alpha value is -0.0800. The molecule has 1 saturated carbocycles. The number of methoxy groups -OCH3 is 2. The molecule has 3 atom stereocenters. The number of hydrogen-bond acceptors (Lipinski definition) is 2. The van der Waals surface area contributed by atoms with Crippen LogP contribution in [0.4, 0.5) is 0 Å². The van der Waals surface area contributed by atoms with Crippen molar-refractivity contribution in [2.75, 3.05) is 14.2 Å². The molecule has 0 spiro atoms. The second-order valence-corrected chi connectivity index (χ2v) is 5.18. The Morgan fingerprint density at radius 2 is 1.87 bits per heavy atom. The van der Waals surface area contributed by atoms with Crippen molar-refractivity contribution < 1.29 is 9.47 Å². The van der Waals surface area contributed by atoms with E-state index in [9.17, 15) is 0 Å². The summed E-state index contributed by atoms with van der Waals surface area (Å²) in [5, 5.41) is 0. The van der Waals surface area contributed by atoms with Crippen molar-refractivity contribution in [2.45, 2.75) is 58.2 Å². The lowest BCUT2D eigenvalue weighted by atomic mass is 9.80. The van der Waals surface area contributed by atoms with Crippen LogP contribution in [-0.2, 0) is 9.47 Å². The van der Waals surface area contributed by atoms with E-state index < -0.39 is 0 Å². The molecule has 1 aliphatic carbocycles. The first-order chi connectivity index (χ1) is 7.17. The van der Waals surface area contributed by atoms with Crippen LogP contribution < -0.4 is 0 Å². The Labute approximate surface area is 94.3 Å². The van der Waals surface area contributed by atoms with Crippen LogP contribution in [0.15, 0.2) is 0 Å². The molecule has 0 bridgehead atoms. The molecule has 3 unspecified atom stereocenters. The molecule has 0 saturated heterocycles. The third-order valence-corrected chi connectivity index (χ3v) is 3.62. The number of ether oxygens (including phenoxy) is 2. The molecule has 0 amide bonds. The highest BCUT2D eigenvalue weighted by Gasteiger charge is 2.30. The summed E-state index contributed by atoms with van der Waals surface area (Å²) in [6.07, 6.45) is 7.03. The van der Waals surface area contributed by atoms with Crippen molar-refractivity contribution >= 4 is 0 Å². The standard InChI is InChI=1S/C13H26O2/c1-10(2)5-6-11-9-12(14-3)7-8-13(11)15-4/h10-13H,5-9H2,1-4H3. The van der Waals surface area contributed by atoms with Crippen LogP contribution in [-0.4, -0.2) is 26.4 Å². The monoisotopic (exact) mass is 214 g/mol. The molecule has 0 aromatic heterocycles. The quantitative estimate of drug-likeness (QED) is 0.699. The van der Waals surface area contributed by atoms with E-state index in [2.05, 4.69) is 13.8 Å². The van der Waals surface area contributed by atoms with Crippen molar-refractivity contribution in [3.8, 4) is 0 Å². The van der Waals surface area contributed by atoms with E-state index in [1.54, 1.807) is 0 Å². The highest BCUT2D eigenvalue weighted by atomic mass is 16.5. The van der Waals surface area contributed by atoms with Gasteiger partial charge in [-0.1, -0.05) is 20.3 Å². The van der Waals surface area contributed by atoms with Crippen LogP contribution in [0.25, 0.3) is 0 Å². The molecule has 0 N–H and O–H groups in total. The van der Waals surface area contributed by atoms with Gasteiger partial charge in [0, 0.05) is 14.2 Å². The Morgan fingerprint density at radius 3 is 2.40 bits per heavy atom. The van der Waals surface area contributed by atoms with Gasteiger partial charge < -0.3 is 9.47 Å². The van der Waals surface area contributed by atoms with Gasteiger partial charge in [0.25, 0.3) is 0 Å². The lowest BCUT2D eigenvalue weighted by molar-refractivity contribution is -0.0377. The highest BCUT2D eigenvalue weighted by Crippen LogP contribution is 2.32. The molecule has 0 radical (unpaired) electrons. The summed E-state index contributed by atoms with van der Waals surface area (Å²) in [7, 11) is 3.68. The van der Waals surface area contributed by atoms with Gasteiger partial charge in [0.2, 0.25) is 0 Å². The fraction of sp³-hybridized carbons (Fsp3) is 1.00. The minimum absolute atomic E-state index is 0.466. The Morgan fingerprint density at radius 1 is 1.13 bits per heavy atom. The molecule has 0 aliphatic heterocycles. The van der Waals surface area contributed by atoms with Crippen LogP contribution in [0.5, 0.6) is 0 Å². The third-order valence-electron chi connectivity index (χ3n) is 3.62. The molecule has 1 fully saturated rings. The van der Waals surface area contributed by atoms with Crippen molar-refractivity contribution in [3.63, 3.8) is 0 Å². The maximum absolute atomic E-state index is 5.57. The van der Waals surface area contributed by atoms with Gasteiger partial charge in [-0.3, -0.25) is 0 Å². The van der Waals surface area contributed by atoms with Gasteiger partial charge in [0.05, 0.1) is 12.2 Å². The van der Waals surface area contributed by atoms with E-state index >= 15 is 0 Å². The zero-order chi connectivity index (χ0) is 11.3. The molecule has 2 nitrogen and oxygen atoms in total. The second-order valence-electron chi connectivity index (χ2n) is 5.18. The average molecular weight is 214 g/mol. The topological polar surface area (TPSA) is 18.5 Å². The van der Waals surface area contributed by atoms with E-state index in [0.29, 0.717) is 18.1 Å². The van der Waals surface area contributed by atoms with Crippen molar-refractivity contribution in [3.05, 3.63) is 0 Å². The van der Waals surface area contributed by atoms with Gasteiger partial charge in [0.1, 0.15) is 0 Å². The lowest BCUT2D eigenvalue weighted by Crippen LogP contribution is -2.34. The largest absolute Gasteiger partial charge is 0.381 e. The molecule has 90 valence electrons. The summed E-state index contributed by atoms with van der Waals surface area (Å²) in [6.45, 7) is 4.58. The third kappa shape index (κ3) is 4.12. The molecule has 0 heterocycles. The lowest BCUT2D eigenvalue weighted by Gasteiger charge is -2.35. The minimum atomic E-state index is 0.466. The van der Waals surface area contributed by atoms with Crippen LogP contribution in [0.1, 0.15) is 46.0 Å². The summed E-state index contributed by atoms with van der Waals surface area (Å²) in [5.74, 6) is 1.50. The predicted molar refractivity (Wildman–Crippen MR) is 63.0 cm³/mol. The fourth-order valence-electron chi connectivity index (χ4n) is 2.57. The van der Waals surface area contributed by atoms with Crippen molar-refractivity contribution in [1.29, 1.82) is 0 Å². The summed E-state index contributed by atoms with van der Waals surface area (Å²) in [6, 6.07) is 0. The van der Waals surface area contributed by atoms with Gasteiger partial charge in [-0.25, -0.2) is 0 Å². The van der Waals surface area contributed by atoms with Gasteiger partial charge >= 0.3 is 0 Å². The first-order valence-electron chi connectivity index (χ1n) is 6.23. The Bertz CT molecular complexity index is 168. The second kappa shape index (κ2) is 6.49. The number of hydrogen-bond donors (Lipinski definition) is 0. The summed E-state index contributed by atoms with van der Waals surface area (Å²) in [5.41, 5.74) is 0. The van der Waals surface area contributed by atoms with Crippen molar-refractivity contribution in [1.82, 2.24) is 0 Å². The van der Waals surface area contributed by atoms with E-state index in [4.69, 9.17) is 9.47 Å². The molecule has 15 heavy (non-hydrogen) atoms. The maximum Gasteiger partial charge on any atom is 0.0601 e. The minimum Gasteiger partial charge on any atom is -0.381 e. The Balaban J connectivity index is 2.40. The molecular weight excluding hydrogens is 188 g/mol. The summed E-state index contributed by atoms with van der Waals surface area (Å²) in [4.78, 5) is 0. The SMILES string of the molecule is COC1CCC(OC)C(CCC(C)C)C1. The Kier molecular flexibility index (Phi) is 5.62. The van der Waals surface area contributed by atoms with E-state index in [1.165, 1.54) is 19.3 Å². The van der Waals surface area contributed by atoms with Gasteiger partial charge in [-0.05, 0) is 37.5 Å². The average Bonchev–Trinajstić information content (AvgIpc) is 2.25. The van der Waals surface area contributed by atoms with E-state index in [0.717, 1.165) is 18.8 Å². The van der Waals surface area contributed by atoms with E-state index in [1.807, 2.05) is 14.2 Å². The zero-order valence-electron chi connectivity index (χ0n) is 10.7. The van der Waals surface area contributed by atoms with Crippen LogP contribution in [0, 0.1) is 11.8 Å². The molecule has 0 aromatic carbocycles. The van der Waals surface area contributed by atoms with E-state index in [-0.39, 0.29) is 0 Å². The smallest absolute Gasteiger partial charge is 0.0601 e. The van der Waals surface area contributed by atoms with Gasteiger partial charge in [0.15, 0.2) is 0 Å². The number of rotatable bonds is 5. The first-order valence-corrected chi connectivity index (χ1v) is 6.23. The first kappa shape index (κ1) is 13.0. The fourth-order valence-corrected chi connectivity index (χ4v) is 2.57. The predicted octanol–water partition coefficient (Wildman–Crippen LogP) is 3.25. The van der Waals surface area contributed by atoms with Gasteiger partial charge in [-0.15, -0.1) is 0 Å². The zero-order valence-corrected chi connectivity index (χ0v) is 10.7. The van der Waals surface area contributed by atoms with Crippen LogP contribution in [0.2, 0.25) is 0 Å². The molecular formula is C13H26O2. The molecule has 1 aliphatic rings. The maximum atomic E-state index is 5.57. The van der Waals surface area contributed by atoms with Crippen LogP contribution >= 0.6 is 0 Å². The summed E-state index contributed by atoms with van der Waals surface area (Å²) < 4.78 is 11.0. The van der Waals surface area contributed by atoms with Crippen molar-refractivity contribution in [2.24, 2.45) is 11.8 Å². The highest BCUT2D eigenvalue weighted by molar-refractivity contribution is 4.81. The molecule has 1 rings (SSSR count).